The Morgan fingerprint density at radius 1 is 1.27 bits per heavy atom. The summed E-state index contributed by atoms with van der Waals surface area (Å²) in [6.45, 7) is -0.0150. The molecule has 0 unspecified atom stereocenters. The molecule has 0 aliphatic carbocycles. The summed E-state index contributed by atoms with van der Waals surface area (Å²) in [6, 6.07) is 5.76. The number of nitro benzene ring substituents is 1. The number of pyridine rings is 1. The third-order valence-corrected chi connectivity index (χ3v) is 4.65. The molecule has 2 heterocycles. The zero-order chi connectivity index (χ0) is 21.7. The number of thiazole rings is 1. The van der Waals surface area contributed by atoms with E-state index < -0.39 is 28.3 Å². The fourth-order valence-electron chi connectivity index (χ4n) is 2.48. The van der Waals surface area contributed by atoms with Crippen LogP contribution in [0.2, 0.25) is 0 Å². The Labute approximate surface area is 171 Å². The summed E-state index contributed by atoms with van der Waals surface area (Å²) in [4.78, 5) is 30.5. The minimum absolute atomic E-state index is 0.0150. The number of nitrogens with zero attached hydrogens (tertiary/aromatic N) is 3. The first-order valence-corrected chi connectivity index (χ1v) is 9.37. The fraction of sp³-hybridized carbons (Fsp3) is 0.167. The molecule has 2 aromatic heterocycles. The van der Waals surface area contributed by atoms with Crippen LogP contribution in [0.4, 0.5) is 29.7 Å². The number of aromatic nitrogens is 2. The van der Waals surface area contributed by atoms with Crippen LogP contribution >= 0.6 is 11.3 Å². The van der Waals surface area contributed by atoms with Crippen LogP contribution in [-0.2, 0) is 11.0 Å². The molecule has 156 valence electrons. The van der Waals surface area contributed by atoms with Crippen LogP contribution < -0.4 is 10.6 Å². The van der Waals surface area contributed by atoms with Gasteiger partial charge in [0.2, 0.25) is 5.91 Å². The average molecular weight is 437 g/mol. The lowest BCUT2D eigenvalue weighted by Gasteiger charge is -2.10. The van der Waals surface area contributed by atoms with Gasteiger partial charge in [0.25, 0.3) is 5.69 Å². The van der Waals surface area contributed by atoms with Gasteiger partial charge in [-0.15, -0.1) is 11.3 Å². The Bertz CT molecular complexity index is 1060. The highest BCUT2D eigenvalue weighted by molar-refractivity contribution is 7.14. The van der Waals surface area contributed by atoms with E-state index in [0.717, 1.165) is 17.7 Å². The highest BCUT2D eigenvalue weighted by Gasteiger charge is 2.33. The molecule has 3 aromatic rings. The number of benzene rings is 1. The van der Waals surface area contributed by atoms with Gasteiger partial charge in [0, 0.05) is 42.4 Å². The van der Waals surface area contributed by atoms with E-state index in [0.29, 0.717) is 16.9 Å². The van der Waals surface area contributed by atoms with Crippen molar-refractivity contribution in [3.8, 4) is 11.3 Å². The molecule has 2 N–H and O–H groups in total. The number of hydrogen-bond acceptors (Lipinski definition) is 7. The van der Waals surface area contributed by atoms with Crippen LogP contribution in [-0.4, -0.2) is 27.3 Å². The van der Waals surface area contributed by atoms with Crippen molar-refractivity contribution in [2.45, 2.75) is 12.6 Å². The van der Waals surface area contributed by atoms with E-state index in [2.05, 4.69) is 20.6 Å². The topological polar surface area (TPSA) is 110 Å². The number of carbonyl (C=O) groups excluding carboxylic acids is 1. The summed E-state index contributed by atoms with van der Waals surface area (Å²) in [5.74, 6) is -0.399. The fourth-order valence-corrected chi connectivity index (χ4v) is 3.21. The molecule has 0 radical (unpaired) electrons. The first kappa shape index (κ1) is 21.2. The van der Waals surface area contributed by atoms with Crippen LogP contribution in [0.1, 0.15) is 12.0 Å². The molecule has 30 heavy (non-hydrogen) atoms. The van der Waals surface area contributed by atoms with Crippen molar-refractivity contribution in [2.24, 2.45) is 0 Å². The maximum absolute atomic E-state index is 12.7. The second-order valence-corrected chi connectivity index (χ2v) is 6.85. The Balaban J connectivity index is 1.57. The molecule has 0 fully saturated rings. The zero-order valence-electron chi connectivity index (χ0n) is 15.1. The van der Waals surface area contributed by atoms with Crippen molar-refractivity contribution in [3.05, 3.63) is 63.8 Å². The largest absolute Gasteiger partial charge is 0.416 e. The van der Waals surface area contributed by atoms with Gasteiger partial charge in [-0.25, -0.2) is 4.98 Å². The van der Waals surface area contributed by atoms with Crippen LogP contribution in [0.5, 0.6) is 0 Å². The van der Waals surface area contributed by atoms with E-state index in [1.807, 2.05) is 6.07 Å². The van der Waals surface area contributed by atoms with Crippen LogP contribution in [0.25, 0.3) is 11.3 Å². The smallest absolute Gasteiger partial charge is 0.379 e. The molecule has 0 saturated carbocycles. The molecular formula is C18H14F3N5O3S. The number of rotatable bonds is 7. The average Bonchev–Trinajstić information content (AvgIpc) is 3.16. The lowest BCUT2D eigenvalue weighted by molar-refractivity contribution is -0.384. The third kappa shape index (κ3) is 5.29. The van der Waals surface area contributed by atoms with E-state index in [-0.39, 0.29) is 18.7 Å². The third-order valence-electron chi connectivity index (χ3n) is 3.90. The second-order valence-electron chi connectivity index (χ2n) is 5.99. The Morgan fingerprint density at radius 3 is 2.73 bits per heavy atom. The molecule has 8 nitrogen and oxygen atoms in total. The number of hydrogen-bond donors (Lipinski definition) is 2. The Kier molecular flexibility index (Phi) is 6.26. The van der Waals surface area contributed by atoms with Crippen LogP contribution in [0, 0.1) is 10.1 Å². The minimum atomic E-state index is -4.69. The molecule has 1 aromatic carbocycles. The van der Waals surface area contributed by atoms with Gasteiger partial charge in [-0.3, -0.25) is 19.9 Å². The lowest BCUT2D eigenvalue weighted by atomic mass is 10.1. The number of halogens is 3. The number of nitrogens with one attached hydrogen (secondary N) is 2. The van der Waals surface area contributed by atoms with E-state index in [1.54, 1.807) is 23.8 Å². The van der Waals surface area contributed by atoms with Gasteiger partial charge in [-0.1, -0.05) is 0 Å². The van der Waals surface area contributed by atoms with Gasteiger partial charge in [-0.05, 0) is 24.3 Å². The molecule has 0 aliphatic rings. The van der Waals surface area contributed by atoms with E-state index >= 15 is 0 Å². The summed E-state index contributed by atoms with van der Waals surface area (Å²) in [5.41, 5.74) is -0.488. The van der Waals surface area contributed by atoms with E-state index in [1.165, 1.54) is 11.3 Å². The molecule has 0 spiro atoms. The van der Waals surface area contributed by atoms with Gasteiger partial charge in [-0.2, -0.15) is 13.2 Å². The lowest BCUT2D eigenvalue weighted by Crippen LogP contribution is -2.16. The van der Waals surface area contributed by atoms with Crippen LogP contribution in [0.15, 0.2) is 48.1 Å². The van der Waals surface area contributed by atoms with Gasteiger partial charge >= 0.3 is 6.18 Å². The molecule has 0 atom stereocenters. The van der Waals surface area contributed by atoms with Crippen molar-refractivity contribution >= 4 is 33.8 Å². The molecular weight excluding hydrogens is 423 g/mol. The van der Waals surface area contributed by atoms with Crippen molar-refractivity contribution < 1.29 is 22.9 Å². The van der Waals surface area contributed by atoms with Crippen molar-refractivity contribution in [1.29, 1.82) is 0 Å². The predicted octanol–water partition coefficient (Wildman–Crippen LogP) is 4.57. The summed E-state index contributed by atoms with van der Waals surface area (Å²) >= 11 is 1.23. The number of nitro groups is 1. The first-order valence-electron chi connectivity index (χ1n) is 8.49. The Morgan fingerprint density at radius 2 is 2.07 bits per heavy atom. The number of amides is 1. The summed E-state index contributed by atoms with van der Waals surface area (Å²) < 4.78 is 38.2. The van der Waals surface area contributed by atoms with Crippen molar-refractivity contribution in [3.63, 3.8) is 0 Å². The quantitative estimate of drug-likeness (QED) is 0.414. The summed E-state index contributed by atoms with van der Waals surface area (Å²) in [6.07, 6.45) is -1.49. The summed E-state index contributed by atoms with van der Waals surface area (Å²) in [7, 11) is 0. The standard InChI is InChI=1S/C18H14F3N5O3S/c19-18(20,21)12-3-4-13(15(8-12)26(28)29)23-7-5-16(27)25-17-24-14(10-30-17)11-2-1-6-22-9-11/h1-4,6,8-10,23H,5,7H2,(H,24,25,27). The number of carbonyl (C=O) groups is 1. The van der Waals surface area contributed by atoms with Gasteiger partial charge in [0.05, 0.1) is 16.2 Å². The number of anilines is 2. The van der Waals surface area contributed by atoms with Crippen molar-refractivity contribution in [1.82, 2.24) is 9.97 Å². The normalized spacial score (nSPS) is 11.2. The maximum Gasteiger partial charge on any atom is 0.416 e. The van der Waals surface area contributed by atoms with E-state index in [9.17, 15) is 28.1 Å². The van der Waals surface area contributed by atoms with Gasteiger partial charge in [0.1, 0.15) is 5.69 Å². The molecule has 0 saturated heterocycles. The van der Waals surface area contributed by atoms with Crippen molar-refractivity contribution in [2.75, 3.05) is 17.2 Å². The minimum Gasteiger partial charge on any atom is -0.379 e. The number of alkyl halides is 3. The predicted molar refractivity (Wildman–Crippen MR) is 105 cm³/mol. The maximum atomic E-state index is 12.7. The Hall–Kier alpha value is -3.54. The SMILES string of the molecule is O=C(CCNc1ccc(C(F)(F)F)cc1[N+](=O)[O-])Nc1nc(-c2cccnc2)cs1. The zero-order valence-corrected chi connectivity index (χ0v) is 16.0. The second kappa shape index (κ2) is 8.86. The van der Waals surface area contributed by atoms with Gasteiger partial charge in [0.15, 0.2) is 5.13 Å². The molecule has 3 rings (SSSR count). The molecule has 0 aliphatic heterocycles. The van der Waals surface area contributed by atoms with Gasteiger partial charge < -0.3 is 10.6 Å². The molecule has 0 bridgehead atoms. The molecule has 12 heteroatoms. The highest BCUT2D eigenvalue weighted by atomic mass is 32.1. The monoisotopic (exact) mass is 437 g/mol. The first-order chi connectivity index (χ1) is 14.2. The highest BCUT2D eigenvalue weighted by Crippen LogP contribution is 2.35. The molecule has 1 amide bonds. The van der Waals surface area contributed by atoms with E-state index in [4.69, 9.17) is 0 Å². The van der Waals surface area contributed by atoms with Crippen LogP contribution in [0.3, 0.4) is 0 Å². The summed E-state index contributed by atoms with van der Waals surface area (Å²) in [5, 5.41) is 18.4.